The van der Waals surface area contributed by atoms with Crippen LogP contribution in [0.25, 0.3) is 0 Å². The molecule has 0 aliphatic rings. The van der Waals surface area contributed by atoms with Crippen LogP contribution >= 0.6 is 11.8 Å². The fourth-order valence-corrected chi connectivity index (χ4v) is 2.36. The second-order valence-electron chi connectivity index (χ2n) is 3.47. The lowest BCUT2D eigenvalue weighted by Gasteiger charge is -2.07. The van der Waals surface area contributed by atoms with Gasteiger partial charge in [-0.2, -0.15) is 0 Å². The van der Waals surface area contributed by atoms with Crippen molar-refractivity contribution in [3.63, 3.8) is 0 Å². The van der Waals surface area contributed by atoms with Gasteiger partial charge in [0, 0.05) is 21.5 Å². The first-order valence-electron chi connectivity index (χ1n) is 5.06. The molecule has 0 saturated heterocycles. The van der Waals surface area contributed by atoms with Crippen LogP contribution in [0.3, 0.4) is 0 Å². The first-order valence-corrected chi connectivity index (χ1v) is 5.87. The molecule has 2 aromatic rings. The molecule has 0 aliphatic heterocycles. The van der Waals surface area contributed by atoms with Gasteiger partial charge in [-0.3, -0.25) is 0 Å². The highest BCUT2D eigenvalue weighted by molar-refractivity contribution is 7.99. The van der Waals surface area contributed by atoms with Crippen LogP contribution in [0.4, 0.5) is 10.1 Å². The van der Waals surface area contributed by atoms with Gasteiger partial charge in [0.15, 0.2) is 0 Å². The van der Waals surface area contributed by atoms with Crippen molar-refractivity contribution in [2.45, 2.75) is 9.79 Å². The highest BCUT2D eigenvalue weighted by Gasteiger charge is 2.05. The lowest BCUT2D eigenvalue weighted by molar-refractivity contribution is 0.414. The second-order valence-corrected chi connectivity index (χ2v) is 4.59. The Bertz CT molecular complexity index is 531. The SMILES string of the molecule is COc1cc(N)cc(Sc2ccccc2F)c1. The molecule has 0 atom stereocenters. The minimum Gasteiger partial charge on any atom is -0.497 e. The van der Waals surface area contributed by atoms with Crippen molar-refractivity contribution in [2.75, 3.05) is 12.8 Å². The first-order chi connectivity index (χ1) is 8.19. The molecule has 4 heteroatoms. The summed E-state index contributed by atoms with van der Waals surface area (Å²) in [7, 11) is 1.58. The van der Waals surface area contributed by atoms with E-state index in [1.54, 1.807) is 37.4 Å². The lowest BCUT2D eigenvalue weighted by Crippen LogP contribution is -1.89. The van der Waals surface area contributed by atoms with E-state index in [1.165, 1.54) is 17.8 Å². The molecule has 2 rings (SSSR count). The van der Waals surface area contributed by atoms with E-state index < -0.39 is 0 Å². The van der Waals surface area contributed by atoms with Gasteiger partial charge in [0.2, 0.25) is 0 Å². The van der Waals surface area contributed by atoms with Crippen molar-refractivity contribution in [2.24, 2.45) is 0 Å². The molecule has 0 heterocycles. The molecule has 0 saturated carbocycles. The van der Waals surface area contributed by atoms with Gasteiger partial charge in [0.25, 0.3) is 0 Å². The highest BCUT2D eigenvalue weighted by Crippen LogP contribution is 2.33. The summed E-state index contributed by atoms with van der Waals surface area (Å²) in [6, 6.07) is 12.0. The standard InChI is InChI=1S/C13H12FNOS/c1-16-10-6-9(15)7-11(8-10)17-13-5-3-2-4-12(13)14/h2-8H,15H2,1H3. The Hall–Kier alpha value is -1.68. The van der Waals surface area contributed by atoms with E-state index >= 15 is 0 Å². The van der Waals surface area contributed by atoms with Crippen LogP contribution in [0.1, 0.15) is 0 Å². The Morgan fingerprint density at radius 1 is 1.18 bits per heavy atom. The predicted molar refractivity (Wildman–Crippen MR) is 67.9 cm³/mol. The van der Waals surface area contributed by atoms with Gasteiger partial charge in [-0.15, -0.1) is 0 Å². The molecule has 0 bridgehead atoms. The van der Waals surface area contributed by atoms with E-state index in [2.05, 4.69) is 0 Å². The third-order valence-electron chi connectivity index (χ3n) is 2.20. The minimum atomic E-state index is -0.237. The number of rotatable bonds is 3. The third kappa shape index (κ3) is 2.91. The van der Waals surface area contributed by atoms with Crippen LogP contribution < -0.4 is 10.5 Å². The van der Waals surface area contributed by atoms with Crippen LogP contribution in [0.5, 0.6) is 5.75 Å². The van der Waals surface area contributed by atoms with Gasteiger partial charge in [-0.05, 0) is 24.3 Å². The summed E-state index contributed by atoms with van der Waals surface area (Å²) in [5.41, 5.74) is 6.34. The Labute approximate surface area is 104 Å². The van der Waals surface area contributed by atoms with Crippen molar-refractivity contribution >= 4 is 17.4 Å². The molecule has 2 N–H and O–H groups in total. The summed E-state index contributed by atoms with van der Waals surface area (Å²) >= 11 is 1.32. The Kier molecular flexibility index (Phi) is 3.54. The summed E-state index contributed by atoms with van der Waals surface area (Å²) in [6.07, 6.45) is 0. The van der Waals surface area contributed by atoms with Crippen molar-refractivity contribution in [1.82, 2.24) is 0 Å². The predicted octanol–water partition coefficient (Wildman–Crippen LogP) is 3.57. The molecule has 88 valence electrons. The zero-order chi connectivity index (χ0) is 12.3. The highest BCUT2D eigenvalue weighted by atomic mass is 32.2. The molecule has 0 aromatic heterocycles. The van der Waals surface area contributed by atoms with Gasteiger partial charge in [-0.25, -0.2) is 4.39 Å². The molecule has 17 heavy (non-hydrogen) atoms. The smallest absolute Gasteiger partial charge is 0.137 e. The fraction of sp³-hybridized carbons (Fsp3) is 0.0769. The van der Waals surface area contributed by atoms with E-state index in [-0.39, 0.29) is 5.82 Å². The monoisotopic (exact) mass is 249 g/mol. The number of halogens is 1. The van der Waals surface area contributed by atoms with Crippen molar-refractivity contribution in [3.05, 3.63) is 48.3 Å². The minimum absolute atomic E-state index is 0.237. The van der Waals surface area contributed by atoms with Crippen LogP contribution in [-0.2, 0) is 0 Å². The second kappa shape index (κ2) is 5.10. The van der Waals surface area contributed by atoms with Crippen LogP contribution in [0.2, 0.25) is 0 Å². The maximum atomic E-state index is 13.5. The van der Waals surface area contributed by atoms with Crippen LogP contribution in [0, 0.1) is 5.82 Å². The molecular formula is C13H12FNOS. The van der Waals surface area contributed by atoms with E-state index in [1.807, 2.05) is 6.07 Å². The molecule has 0 spiro atoms. The van der Waals surface area contributed by atoms with Gasteiger partial charge in [0.1, 0.15) is 11.6 Å². The van der Waals surface area contributed by atoms with E-state index in [9.17, 15) is 4.39 Å². The number of methoxy groups -OCH3 is 1. The van der Waals surface area contributed by atoms with Crippen LogP contribution in [-0.4, -0.2) is 7.11 Å². The number of ether oxygens (including phenoxy) is 1. The Balaban J connectivity index is 2.30. The molecule has 0 unspecified atom stereocenters. The normalized spacial score (nSPS) is 10.2. The number of nitrogen functional groups attached to an aromatic ring is 1. The topological polar surface area (TPSA) is 35.2 Å². The van der Waals surface area contributed by atoms with Gasteiger partial charge < -0.3 is 10.5 Å². The molecule has 0 radical (unpaired) electrons. The number of anilines is 1. The molecule has 2 aromatic carbocycles. The summed E-state index contributed by atoms with van der Waals surface area (Å²) < 4.78 is 18.6. The number of hydrogen-bond donors (Lipinski definition) is 1. The Morgan fingerprint density at radius 2 is 1.94 bits per heavy atom. The average molecular weight is 249 g/mol. The summed E-state index contributed by atoms with van der Waals surface area (Å²) in [5.74, 6) is 0.433. The summed E-state index contributed by atoms with van der Waals surface area (Å²) in [4.78, 5) is 1.42. The number of hydrogen-bond acceptors (Lipinski definition) is 3. The fourth-order valence-electron chi connectivity index (χ4n) is 1.42. The molecule has 0 aliphatic carbocycles. The molecule has 0 fully saturated rings. The average Bonchev–Trinajstić information content (AvgIpc) is 2.31. The van der Waals surface area contributed by atoms with Crippen LogP contribution in [0.15, 0.2) is 52.3 Å². The van der Waals surface area contributed by atoms with E-state index in [0.29, 0.717) is 16.3 Å². The summed E-state index contributed by atoms with van der Waals surface area (Å²) in [6.45, 7) is 0. The molecule has 2 nitrogen and oxygen atoms in total. The quantitative estimate of drug-likeness (QED) is 0.845. The van der Waals surface area contributed by atoms with E-state index in [4.69, 9.17) is 10.5 Å². The maximum Gasteiger partial charge on any atom is 0.137 e. The number of nitrogens with two attached hydrogens (primary N) is 1. The largest absolute Gasteiger partial charge is 0.497 e. The third-order valence-corrected chi connectivity index (χ3v) is 3.22. The van der Waals surface area contributed by atoms with Crippen molar-refractivity contribution in [3.8, 4) is 5.75 Å². The zero-order valence-corrected chi connectivity index (χ0v) is 10.1. The first kappa shape index (κ1) is 11.8. The lowest BCUT2D eigenvalue weighted by atomic mass is 10.3. The maximum absolute atomic E-state index is 13.5. The Morgan fingerprint density at radius 3 is 2.65 bits per heavy atom. The number of benzene rings is 2. The molecule has 0 amide bonds. The van der Waals surface area contributed by atoms with Gasteiger partial charge in [-0.1, -0.05) is 23.9 Å². The molecular weight excluding hydrogens is 237 g/mol. The van der Waals surface area contributed by atoms with Gasteiger partial charge in [0.05, 0.1) is 7.11 Å². The van der Waals surface area contributed by atoms with E-state index in [0.717, 1.165) is 4.90 Å². The van der Waals surface area contributed by atoms with Crippen molar-refractivity contribution < 1.29 is 9.13 Å². The zero-order valence-electron chi connectivity index (χ0n) is 9.31. The van der Waals surface area contributed by atoms with Crippen molar-refractivity contribution in [1.29, 1.82) is 0 Å². The van der Waals surface area contributed by atoms with Gasteiger partial charge >= 0.3 is 0 Å². The summed E-state index contributed by atoms with van der Waals surface area (Å²) in [5, 5.41) is 0.